The van der Waals surface area contributed by atoms with Crippen LogP contribution in [-0.4, -0.2) is 18.1 Å². The number of para-hydroxylation sites is 1. The molecule has 1 aromatic heterocycles. The molecule has 1 heterocycles. The number of likely N-dealkylation sites (N-methyl/N-ethyl adjacent to an activating group) is 1. The maximum absolute atomic E-state index is 6.31. The molecule has 0 bridgehead atoms. The van der Waals surface area contributed by atoms with Gasteiger partial charge in [0.05, 0.1) is 0 Å². The van der Waals surface area contributed by atoms with Gasteiger partial charge >= 0.3 is 0 Å². The molecular formula is C18H20N2O. The van der Waals surface area contributed by atoms with Crippen molar-refractivity contribution in [2.75, 3.05) is 7.05 Å². The van der Waals surface area contributed by atoms with Crippen molar-refractivity contribution >= 4 is 10.9 Å². The summed E-state index contributed by atoms with van der Waals surface area (Å²) in [7, 11) is 1.96. The van der Waals surface area contributed by atoms with Crippen molar-refractivity contribution in [1.82, 2.24) is 10.3 Å². The van der Waals surface area contributed by atoms with Crippen molar-refractivity contribution in [3.8, 4) is 5.75 Å². The Hall–Kier alpha value is -2.26. The average molecular weight is 280 g/mol. The number of aromatic nitrogens is 1. The van der Waals surface area contributed by atoms with E-state index in [1.165, 1.54) is 5.56 Å². The minimum Gasteiger partial charge on any atom is -0.482 e. The highest BCUT2D eigenvalue weighted by Gasteiger charge is 2.21. The number of aromatic amines is 1. The van der Waals surface area contributed by atoms with Crippen LogP contribution in [0, 0.1) is 0 Å². The van der Waals surface area contributed by atoms with Crippen LogP contribution in [0.4, 0.5) is 0 Å². The van der Waals surface area contributed by atoms with Crippen molar-refractivity contribution in [2.45, 2.75) is 19.1 Å². The van der Waals surface area contributed by atoms with Gasteiger partial charge in [-0.05, 0) is 31.7 Å². The fourth-order valence-electron chi connectivity index (χ4n) is 2.53. The molecule has 3 rings (SSSR count). The third kappa shape index (κ3) is 2.78. The van der Waals surface area contributed by atoms with Crippen molar-refractivity contribution in [3.05, 3.63) is 66.4 Å². The molecule has 0 radical (unpaired) electrons. The van der Waals surface area contributed by atoms with Gasteiger partial charge in [-0.25, -0.2) is 0 Å². The molecule has 2 unspecified atom stereocenters. The highest BCUT2D eigenvalue weighted by atomic mass is 16.5. The molecule has 0 amide bonds. The largest absolute Gasteiger partial charge is 0.482 e. The topological polar surface area (TPSA) is 37.0 Å². The van der Waals surface area contributed by atoms with Gasteiger partial charge in [0.2, 0.25) is 0 Å². The van der Waals surface area contributed by atoms with Gasteiger partial charge in [0.25, 0.3) is 0 Å². The van der Waals surface area contributed by atoms with Gasteiger partial charge in [0, 0.05) is 23.1 Å². The lowest BCUT2D eigenvalue weighted by molar-refractivity contribution is 0.168. The first-order valence-corrected chi connectivity index (χ1v) is 7.24. The predicted molar refractivity (Wildman–Crippen MR) is 86.6 cm³/mol. The summed E-state index contributed by atoms with van der Waals surface area (Å²) in [5.74, 6) is 0.890. The molecule has 0 saturated heterocycles. The first kappa shape index (κ1) is 13.7. The van der Waals surface area contributed by atoms with E-state index in [1.54, 1.807) is 0 Å². The number of rotatable bonds is 5. The summed E-state index contributed by atoms with van der Waals surface area (Å²) >= 11 is 0. The fraction of sp³-hybridized carbons (Fsp3) is 0.222. The normalized spacial score (nSPS) is 14.0. The van der Waals surface area contributed by atoms with E-state index in [1.807, 2.05) is 43.6 Å². The lowest BCUT2D eigenvalue weighted by Gasteiger charge is -2.25. The molecule has 21 heavy (non-hydrogen) atoms. The molecule has 2 N–H and O–H groups in total. The second-order valence-corrected chi connectivity index (χ2v) is 5.22. The zero-order valence-corrected chi connectivity index (χ0v) is 12.3. The van der Waals surface area contributed by atoms with E-state index in [0.29, 0.717) is 0 Å². The molecule has 0 fully saturated rings. The Balaban J connectivity index is 1.95. The molecular weight excluding hydrogens is 260 g/mol. The Morgan fingerprint density at radius 2 is 1.71 bits per heavy atom. The molecule has 0 aliphatic carbocycles. The third-order valence-corrected chi connectivity index (χ3v) is 3.84. The average Bonchev–Trinajstić information content (AvgIpc) is 2.96. The zero-order chi connectivity index (χ0) is 14.7. The van der Waals surface area contributed by atoms with Crippen LogP contribution in [0.1, 0.15) is 18.6 Å². The lowest BCUT2D eigenvalue weighted by atomic mass is 10.0. The second-order valence-electron chi connectivity index (χ2n) is 5.22. The number of nitrogens with one attached hydrogen (secondary N) is 2. The summed E-state index contributed by atoms with van der Waals surface area (Å²) in [6, 6.07) is 18.7. The summed E-state index contributed by atoms with van der Waals surface area (Å²) in [5, 5.41) is 4.40. The van der Waals surface area contributed by atoms with Gasteiger partial charge in [0.1, 0.15) is 11.9 Å². The number of fused-ring (bicyclic) bond motifs is 1. The summed E-state index contributed by atoms with van der Waals surface area (Å²) in [4.78, 5) is 3.26. The Kier molecular flexibility index (Phi) is 3.93. The van der Waals surface area contributed by atoms with Crippen LogP contribution in [0.25, 0.3) is 10.9 Å². The van der Waals surface area contributed by atoms with Crippen LogP contribution in [0.2, 0.25) is 0 Å². The van der Waals surface area contributed by atoms with Crippen LogP contribution < -0.4 is 10.1 Å². The molecule has 2 aromatic carbocycles. The first-order chi connectivity index (χ1) is 10.3. The van der Waals surface area contributed by atoms with Gasteiger partial charge < -0.3 is 15.0 Å². The van der Waals surface area contributed by atoms with E-state index in [2.05, 4.69) is 41.5 Å². The quantitative estimate of drug-likeness (QED) is 0.744. The minimum atomic E-state index is -0.0320. The summed E-state index contributed by atoms with van der Waals surface area (Å²) < 4.78 is 6.31. The fourth-order valence-corrected chi connectivity index (χ4v) is 2.53. The van der Waals surface area contributed by atoms with Gasteiger partial charge in [0.15, 0.2) is 0 Å². The van der Waals surface area contributed by atoms with E-state index in [9.17, 15) is 0 Å². The maximum atomic E-state index is 6.31. The lowest BCUT2D eigenvalue weighted by Crippen LogP contribution is -2.32. The van der Waals surface area contributed by atoms with Crippen molar-refractivity contribution < 1.29 is 4.74 Å². The van der Waals surface area contributed by atoms with Crippen molar-refractivity contribution in [1.29, 1.82) is 0 Å². The molecule has 108 valence electrons. The van der Waals surface area contributed by atoms with E-state index in [-0.39, 0.29) is 12.1 Å². The molecule has 0 spiro atoms. The van der Waals surface area contributed by atoms with E-state index in [4.69, 9.17) is 4.74 Å². The number of benzene rings is 2. The third-order valence-electron chi connectivity index (χ3n) is 3.84. The van der Waals surface area contributed by atoms with Crippen LogP contribution >= 0.6 is 0 Å². The molecule has 2 atom stereocenters. The van der Waals surface area contributed by atoms with E-state index < -0.39 is 0 Å². The van der Waals surface area contributed by atoms with Crippen molar-refractivity contribution in [3.63, 3.8) is 0 Å². The monoisotopic (exact) mass is 280 g/mol. The van der Waals surface area contributed by atoms with Crippen LogP contribution in [0.5, 0.6) is 5.75 Å². The van der Waals surface area contributed by atoms with Crippen LogP contribution in [0.3, 0.4) is 0 Å². The Bertz CT molecular complexity index is 705. The maximum Gasteiger partial charge on any atom is 0.145 e. The number of ether oxygens (including phenoxy) is 1. The molecule has 0 aliphatic rings. The Labute approximate surface area is 125 Å². The highest BCUT2D eigenvalue weighted by Crippen LogP contribution is 2.31. The number of hydrogen-bond donors (Lipinski definition) is 2. The van der Waals surface area contributed by atoms with E-state index >= 15 is 0 Å². The van der Waals surface area contributed by atoms with Crippen LogP contribution in [0.15, 0.2) is 60.8 Å². The molecule has 0 aliphatic heterocycles. The molecule has 0 saturated carbocycles. The van der Waals surface area contributed by atoms with Gasteiger partial charge in [-0.15, -0.1) is 0 Å². The van der Waals surface area contributed by atoms with Gasteiger partial charge in [-0.1, -0.05) is 42.5 Å². The highest BCUT2D eigenvalue weighted by molar-refractivity contribution is 5.85. The van der Waals surface area contributed by atoms with Gasteiger partial charge in [-0.2, -0.15) is 0 Å². The molecule has 3 nitrogen and oxygen atoms in total. The van der Waals surface area contributed by atoms with Gasteiger partial charge in [-0.3, -0.25) is 0 Å². The summed E-state index contributed by atoms with van der Waals surface area (Å²) in [5.41, 5.74) is 2.26. The first-order valence-electron chi connectivity index (χ1n) is 7.24. The zero-order valence-electron chi connectivity index (χ0n) is 12.3. The summed E-state index contributed by atoms with van der Waals surface area (Å²) in [6.07, 6.45) is 1.90. The van der Waals surface area contributed by atoms with Crippen LogP contribution in [-0.2, 0) is 0 Å². The number of hydrogen-bond acceptors (Lipinski definition) is 2. The smallest absolute Gasteiger partial charge is 0.145 e. The molecule has 3 heteroatoms. The standard InChI is InChI=1S/C18H20N2O/c1-13(19-2)18(14-8-4-3-5-9-14)21-17-12-20-16-11-7-6-10-15(16)17/h3-13,18-20H,1-2H3. The Morgan fingerprint density at radius 3 is 2.48 bits per heavy atom. The van der Waals surface area contributed by atoms with E-state index in [0.717, 1.165) is 16.7 Å². The predicted octanol–water partition coefficient (Wildman–Crippen LogP) is 3.90. The minimum absolute atomic E-state index is 0.0320. The second kappa shape index (κ2) is 6.02. The number of H-pyrrole nitrogens is 1. The Morgan fingerprint density at radius 1 is 1.00 bits per heavy atom. The SMILES string of the molecule is CNC(C)C(Oc1c[nH]c2ccccc12)c1ccccc1. The van der Waals surface area contributed by atoms with Crippen molar-refractivity contribution in [2.24, 2.45) is 0 Å². The molecule has 3 aromatic rings. The summed E-state index contributed by atoms with van der Waals surface area (Å²) in [6.45, 7) is 2.13.